The fraction of sp³-hybridized carbons (Fsp3) is 0.308. The minimum Gasteiger partial charge on any atom is -0.467 e. The number of aryl methyl sites for hydroxylation is 1. The Bertz CT molecular complexity index is 543. The van der Waals surface area contributed by atoms with Gasteiger partial charge in [-0.2, -0.15) is 0 Å². The Morgan fingerprint density at radius 3 is 3.05 bits per heavy atom. The van der Waals surface area contributed by atoms with Crippen LogP contribution in [0.25, 0.3) is 0 Å². The van der Waals surface area contributed by atoms with E-state index in [4.69, 9.17) is 4.42 Å². The van der Waals surface area contributed by atoms with E-state index in [0.29, 0.717) is 6.54 Å². The molecule has 0 radical (unpaired) electrons. The van der Waals surface area contributed by atoms with E-state index in [1.165, 1.54) is 18.1 Å². The second kappa shape index (κ2) is 6.38. The molecule has 0 spiro atoms. The van der Waals surface area contributed by atoms with Crippen LogP contribution in [0, 0.1) is 6.92 Å². The van der Waals surface area contributed by atoms with Gasteiger partial charge in [-0.05, 0) is 32.0 Å². The molecule has 1 unspecified atom stereocenters. The van der Waals surface area contributed by atoms with E-state index in [2.05, 4.69) is 15.3 Å². The monoisotopic (exact) mass is 277 g/mol. The Balaban J connectivity index is 1.85. The molecule has 19 heavy (non-hydrogen) atoms. The van der Waals surface area contributed by atoms with E-state index in [9.17, 15) is 4.79 Å². The largest absolute Gasteiger partial charge is 0.467 e. The van der Waals surface area contributed by atoms with Crippen LogP contribution in [0.1, 0.15) is 18.4 Å². The summed E-state index contributed by atoms with van der Waals surface area (Å²) in [6.45, 7) is 4.15. The zero-order valence-electron chi connectivity index (χ0n) is 10.8. The highest BCUT2D eigenvalue weighted by Gasteiger charge is 2.15. The number of thioether (sulfide) groups is 1. The Morgan fingerprint density at radius 1 is 1.53 bits per heavy atom. The van der Waals surface area contributed by atoms with Gasteiger partial charge < -0.3 is 9.73 Å². The SMILES string of the molecule is Cc1cc(SC(C)C(=O)NCc2ccco2)ncn1. The fourth-order valence-corrected chi connectivity index (χ4v) is 2.36. The standard InChI is InChI=1S/C13H15N3O2S/c1-9-6-12(16-8-15-9)19-10(2)13(17)14-7-11-4-3-5-18-11/h3-6,8,10H,7H2,1-2H3,(H,14,17). The molecule has 0 aromatic carbocycles. The van der Waals surface area contributed by atoms with Gasteiger partial charge in [-0.3, -0.25) is 4.79 Å². The first-order valence-electron chi connectivity index (χ1n) is 5.90. The number of carbonyl (C=O) groups is 1. The van der Waals surface area contributed by atoms with Crippen molar-refractivity contribution in [1.29, 1.82) is 0 Å². The van der Waals surface area contributed by atoms with Crippen LogP contribution >= 0.6 is 11.8 Å². The van der Waals surface area contributed by atoms with Crippen LogP contribution < -0.4 is 5.32 Å². The maximum absolute atomic E-state index is 11.9. The second-order valence-corrected chi connectivity index (χ2v) is 5.42. The number of hydrogen-bond acceptors (Lipinski definition) is 5. The Morgan fingerprint density at radius 2 is 2.37 bits per heavy atom. The predicted octanol–water partition coefficient (Wildman–Crippen LogP) is 2.18. The molecule has 0 aliphatic carbocycles. The molecule has 6 heteroatoms. The molecular formula is C13H15N3O2S. The number of aromatic nitrogens is 2. The summed E-state index contributed by atoms with van der Waals surface area (Å²) >= 11 is 1.41. The predicted molar refractivity (Wildman–Crippen MR) is 72.6 cm³/mol. The number of nitrogens with zero attached hydrogens (tertiary/aromatic N) is 2. The van der Waals surface area contributed by atoms with Gasteiger partial charge in [0.2, 0.25) is 5.91 Å². The molecule has 100 valence electrons. The average molecular weight is 277 g/mol. The minimum atomic E-state index is -0.218. The van der Waals surface area contributed by atoms with Gasteiger partial charge >= 0.3 is 0 Å². The first-order chi connectivity index (χ1) is 9.15. The molecule has 0 aliphatic rings. The van der Waals surface area contributed by atoms with Gasteiger partial charge in [0, 0.05) is 5.69 Å². The highest BCUT2D eigenvalue weighted by atomic mass is 32.2. The number of furan rings is 1. The summed E-state index contributed by atoms with van der Waals surface area (Å²) < 4.78 is 5.16. The van der Waals surface area contributed by atoms with Crippen LogP contribution in [-0.4, -0.2) is 21.1 Å². The molecule has 0 aliphatic heterocycles. The van der Waals surface area contributed by atoms with Gasteiger partial charge in [0.1, 0.15) is 17.1 Å². The van der Waals surface area contributed by atoms with Crippen LogP contribution in [-0.2, 0) is 11.3 Å². The van der Waals surface area contributed by atoms with Crippen molar-refractivity contribution in [2.24, 2.45) is 0 Å². The lowest BCUT2D eigenvalue weighted by atomic mass is 10.4. The third-order valence-electron chi connectivity index (χ3n) is 2.46. The normalized spacial score (nSPS) is 12.1. The Kier molecular flexibility index (Phi) is 4.57. The van der Waals surface area contributed by atoms with Gasteiger partial charge in [-0.1, -0.05) is 11.8 Å². The fourth-order valence-electron chi connectivity index (χ4n) is 1.46. The molecule has 0 fully saturated rings. The maximum Gasteiger partial charge on any atom is 0.233 e. The van der Waals surface area contributed by atoms with E-state index in [-0.39, 0.29) is 11.2 Å². The number of nitrogens with one attached hydrogen (secondary N) is 1. The molecule has 2 rings (SSSR count). The van der Waals surface area contributed by atoms with E-state index >= 15 is 0 Å². The summed E-state index contributed by atoms with van der Waals surface area (Å²) in [6.07, 6.45) is 3.09. The zero-order chi connectivity index (χ0) is 13.7. The van der Waals surface area contributed by atoms with Crippen molar-refractivity contribution in [2.45, 2.75) is 30.7 Å². The third-order valence-corrected chi connectivity index (χ3v) is 3.49. The summed E-state index contributed by atoms with van der Waals surface area (Å²) in [5.41, 5.74) is 0.890. The molecule has 0 saturated carbocycles. The van der Waals surface area contributed by atoms with Crippen LogP contribution in [0.4, 0.5) is 0 Å². The van der Waals surface area contributed by atoms with Crippen molar-refractivity contribution in [3.63, 3.8) is 0 Å². The first kappa shape index (κ1) is 13.6. The summed E-state index contributed by atoms with van der Waals surface area (Å²) in [5.74, 6) is 0.695. The molecule has 2 heterocycles. The summed E-state index contributed by atoms with van der Waals surface area (Å²) in [6, 6.07) is 5.48. The number of carbonyl (C=O) groups excluding carboxylic acids is 1. The van der Waals surface area contributed by atoms with Crippen LogP contribution in [0.5, 0.6) is 0 Å². The van der Waals surface area contributed by atoms with Crippen molar-refractivity contribution in [3.8, 4) is 0 Å². The highest BCUT2D eigenvalue weighted by Crippen LogP contribution is 2.21. The topological polar surface area (TPSA) is 68.0 Å². The smallest absolute Gasteiger partial charge is 0.233 e. The Labute approximate surface area is 115 Å². The van der Waals surface area contributed by atoms with E-state index < -0.39 is 0 Å². The molecule has 1 atom stereocenters. The van der Waals surface area contributed by atoms with Crippen LogP contribution in [0.15, 0.2) is 40.2 Å². The lowest BCUT2D eigenvalue weighted by Crippen LogP contribution is -2.30. The molecular weight excluding hydrogens is 262 g/mol. The van der Waals surface area contributed by atoms with Gasteiger partial charge in [0.15, 0.2) is 0 Å². The lowest BCUT2D eigenvalue weighted by molar-refractivity contribution is -0.120. The van der Waals surface area contributed by atoms with Gasteiger partial charge in [0.05, 0.1) is 18.1 Å². The van der Waals surface area contributed by atoms with E-state index in [1.807, 2.05) is 26.0 Å². The number of hydrogen-bond donors (Lipinski definition) is 1. The molecule has 0 bridgehead atoms. The number of amides is 1. The number of rotatable bonds is 5. The quantitative estimate of drug-likeness (QED) is 0.670. The molecule has 2 aromatic heterocycles. The zero-order valence-corrected chi connectivity index (χ0v) is 11.6. The third kappa shape index (κ3) is 4.10. The van der Waals surface area contributed by atoms with Crippen molar-refractivity contribution < 1.29 is 9.21 Å². The van der Waals surface area contributed by atoms with Crippen molar-refractivity contribution in [2.75, 3.05) is 0 Å². The van der Waals surface area contributed by atoms with Gasteiger partial charge in [-0.15, -0.1) is 0 Å². The Hall–Kier alpha value is -1.82. The van der Waals surface area contributed by atoms with E-state index in [1.54, 1.807) is 12.3 Å². The summed E-state index contributed by atoms with van der Waals surface area (Å²) in [5, 5.41) is 3.40. The van der Waals surface area contributed by atoms with E-state index in [0.717, 1.165) is 16.5 Å². The van der Waals surface area contributed by atoms with Gasteiger partial charge in [0.25, 0.3) is 0 Å². The van der Waals surface area contributed by atoms with Gasteiger partial charge in [-0.25, -0.2) is 9.97 Å². The molecule has 2 aromatic rings. The average Bonchev–Trinajstić information content (AvgIpc) is 2.89. The highest BCUT2D eigenvalue weighted by molar-refractivity contribution is 8.00. The minimum absolute atomic E-state index is 0.0438. The molecule has 1 N–H and O–H groups in total. The lowest BCUT2D eigenvalue weighted by Gasteiger charge is -2.10. The maximum atomic E-state index is 11.9. The summed E-state index contributed by atoms with van der Waals surface area (Å²) in [7, 11) is 0. The molecule has 5 nitrogen and oxygen atoms in total. The van der Waals surface area contributed by atoms with Crippen LogP contribution in [0.2, 0.25) is 0 Å². The second-order valence-electron chi connectivity index (χ2n) is 4.05. The molecule has 0 saturated heterocycles. The van der Waals surface area contributed by atoms with Crippen molar-refractivity contribution >= 4 is 17.7 Å². The van der Waals surface area contributed by atoms with Crippen molar-refractivity contribution in [1.82, 2.24) is 15.3 Å². The summed E-state index contributed by atoms with van der Waals surface area (Å²) in [4.78, 5) is 20.1. The van der Waals surface area contributed by atoms with Crippen LogP contribution in [0.3, 0.4) is 0 Å². The molecule has 1 amide bonds. The first-order valence-corrected chi connectivity index (χ1v) is 6.78. The van der Waals surface area contributed by atoms with Crippen molar-refractivity contribution in [3.05, 3.63) is 42.2 Å².